The van der Waals surface area contributed by atoms with E-state index in [1.807, 2.05) is 48.0 Å². The van der Waals surface area contributed by atoms with Gasteiger partial charge in [0.1, 0.15) is 0 Å². The molecule has 0 spiro atoms. The Bertz CT molecular complexity index is 458. The maximum atomic E-state index is 7.84. The standard InChI is InChI=1S/C14H22N2/c1-10-8-6-7-9-14(10)16-12(3)11(2)15(5)13(16)4/h6-9,11-13H,1-5H3/t11?,12-,13?/m0/s1/i4D3. The molecule has 1 aliphatic heterocycles. The third kappa shape index (κ3) is 1.61. The van der Waals surface area contributed by atoms with Gasteiger partial charge in [-0.15, -0.1) is 0 Å². The predicted molar refractivity (Wildman–Crippen MR) is 69.8 cm³/mol. The fourth-order valence-corrected chi connectivity index (χ4v) is 2.42. The van der Waals surface area contributed by atoms with Crippen molar-refractivity contribution < 1.29 is 4.11 Å². The molecule has 2 heteroatoms. The van der Waals surface area contributed by atoms with E-state index in [1.165, 1.54) is 0 Å². The van der Waals surface area contributed by atoms with Crippen LogP contribution in [-0.2, 0) is 0 Å². The van der Waals surface area contributed by atoms with Gasteiger partial charge in [-0.25, -0.2) is 0 Å². The molecule has 0 aliphatic carbocycles. The van der Waals surface area contributed by atoms with Crippen LogP contribution >= 0.6 is 0 Å². The minimum absolute atomic E-state index is 0.177. The fraction of sp³-hybridized carbons (Fsp3) is 0.571. The lowest BCUT2D eigenvalue weighted by molar-refractivity contribution is 0.263. The lowest BCUT2D eigenvalue weighted by Gasteiger charge is -2.30. The summed E-state index contributed by atoms with van der Waals surface area (Å²) in [7, 11) is 1.90. The lowest BCUT2D eigenvalue weighted by atomic mass is 10.1. The molecule has 0 bridgehead atoms. The third-order valence-electron chi connectivity index (χ3n) is 3.82. The number of anilines is 1. The largest absolute Gasteiger partial charge is 0.352 e. The Hall–Kier alpha value is -1.02. The zero-order chi connectivity index (χ0) is 14.4. The molecule has 1 heterocycles. The molecule has 1 aliphatic rings. The monoisotopic (exact) mass is 221 g/mol. The van der Waals surface area contributed by atoms with Gasteiger partial charge < -0.3 is 4.90 Å². The van der Waals surface area contributed by atoms with E-state index in [1.54, 1.807) is 0 Å². The van der Waals surface area contributed by atoms with E-state index in [0.29, 0.717) is 0 Å². The van der Waals surface area contributed by atoms with Crippen molar-refractivity contribution in [2.75, 3.05) is 11.9 Å². The maximum Gasteiger partial charge on any atom is 0.0796 e. The van der Waals surface area contributed by atoms with Gasteiger partial charge >= 0.3 is 0 Å². The van der Waals surface area contributed by atoms with Crippen molar-refractivity contribution in [1.29, 1.82) is 0 Å². The Morgan fingerprint density at radius 2 is 1.88 bits per heavy atom. The van der Waals surface area contributed by atoms with Gasteiger partial charge in [0.15, 0.2) is 0 Å². The summed E-state index contributed by atoms with van der Waals surface area (Å²) in [5, 5.41) is 0. The first kappa shape index (κ1) is 8.13. The highest BCUT2D eigenvalue weighted by Gasteiger charge is 2.38. The van der Waals surface area contributed by atoms with Crippen LogP contribution in [0.15, 0.2) is 24.3 Å². The van der Waals surface area contributed by atoms with Crippen LogP contribution in [0.25, 0.3) is 0 Å². The Balaban J connectivity index is 2.49. The highest BCUT2D eigenvalue weighted by molar-refractivity contribution is 5.55. The van der Waals surface area contributed by atoms with Gasteiger partial charge in [-0.1, -0.05) is 18.2 Å². The Labute approximate surface area is 103 Å². The van der Waals surface area contributed by atoms with Gasteiger partial charge in [0.25, 0.3) is 0 Å². The average molecular weight is 221 g/mol. The van der Waals surface area contributed by atoms with Crippen molar-refractivity contribution in [2.24, 2.45) is 0 Å². The van der Waals surface area contributed by atoms with Crippen molar-refractivity contribution in [2.45, 2.75) is 45.9 Å². The second kappa shape index (κ2) is 4.10. The Morgan fingerprint density at radius 3 is 2.50 bits per heavy atom. The smallest absolute Gasteiger partial charge is 0.0796 e. The minimum atomic E-state index is -2.02. The second-order valence-corrected chi connectivity index (χ2v) is 4.71. The fourth-order valence-electron chi connectivity index (χ4n) is 2.42. The van der Waals surface area contributed by atoms with Gasteiger partial charge in [-0.3, -0.25) is 4.90 Å². The van der Waals surface area contributed by atoms with Crippen LogP contribution in [-0.4, -0.2) is 30.2 Å². The Kier molecular flexibility index (Phi) is 2.08. The first-order chi connectivity index (χ1) is 8.75. The number of para-hydroxylation sites is 1. The van der Waals surface area contributed by atoms with Crippen molar-refractivity contribution in [3.8, 4) is 0 Å². The zero-order valence-electron chi connectivity index (χ0n) is 13.4. The summed E-state index contributed by atoms with van der Waals surface area (Å²) in [6, 6.07) is 8.38. The molecular formula is C14H22N2. The van der Waals surface area contributed by atoms with Crippen LogP contribution in [0, 0.1) is 6.92 Å². The summed E-state index contributed by atoms with van der Waals surface area (Å²) < 4.78 is 23.5. The van der Waals surface area contributed by atoms with Crippen molar-refractivity contribution in [1.82, 2.24) is 4.90 Å². The van der Waals surface area contributed by atoms with E-state index in [4.69, 9.17) is 4.11 Å². The van der Waals surface area contributed by atoms with E-state index in [9.17, 15) is 0 Å². The molecule has 1 saturated heterocycles. The van der Waals surface area contributed by atoms with Crippen molar-refractivity contribution >= 4 is 5.69 Å². The molecule has 2 rings (SSSR count). The first-order valence-corrected chi connectivity index (χ1v) is 5.81. The van der Waals surface area contributed by atoms with Crippen molar-refractivity contribution in [3.63, 3.8) is 0 Å². The highest BCUT2D eigenvalue weighted by atomic mass is 15.4. The number of benzene rings is 1. The van der Waals surface area contributed by atoms with Crippen molar-refractivity contribution in [3.05, 3.63) is 29.8 Å². The van der Waals surface area contributed by atoms with Gasteiger partial charge in [-0.2, -0.15) is 0 Å². The van der Waals surface area contributed by atoms with Crippen LogP contribution in [0.5, 0.6) is 0 Å². The average Bonchev–Trinajstić information content (AvgIpc) is 2.54. The predicted octanol–water partition coefficient (Wildman–Crippen LogP) is 2.87. The molecule has 1 fully saturated rings. The van der Waals surface area contributed by atoms with Crippen LogP contribution in [0.2, 0.25) is 0 Å². The summed E-state index contributed by atoms with van der Waals surface area (Å²) in [6.07, 6.45) is -0.557. The molecule has 2 nitrogen and oxygen atoms in total. The molecule has 0 aromatic heterocycles. The zero-order valence-corrected chi connectivity index (χ0v) is 10.4. The molecular weight excluding hydrogens is 196 g/mol. The number of aryl methyl sites for hydroxylation is 1. The lowest BCUT2D eigenvalue weighted by Crippen LogP contribution is -2.36. The summed E-state index contributed by atoms with van der Waals surface area (Å²) >= 11 is 0. The third-order valence-corrected chi connectivity index (χ3v) is 3.82. The van der Waals surface area contributed by atoms with Crippen LogP contribution < -0.4 is 4.90 Å². The molecule has 2 unspecified atom stereocenters. The maximum absolute atomic E-state index is 7.84. The SMILES string of the molecule is [2H]C([2H])([2H])C1N(C)C(C)[C@H](C)N1c1ccccc1C. The first-order valence-electron chi connectivity index (χ1n) is 7.31. The molecule has 0 saturated carbocycles. The summed E-state index contributed by atoms with van der Waals surface area (Å²) in [5.41, 5.74) is 2.14. The van der Waals surface area contributed by atoms with Crippen LogP contribution in [0.4, 0.5) is 5.69 Å². The van der Waals surface area contributed by atoms with E-state index in [2.05, 4.69) is 13.8 Å². The van der Waals surface area contributed by atoms with Crippen LogP contribution in [0.1, 0.15) is 30.4 Å². The normalized spacial score (nSPS) is 34.6. The summed E-state index contributed by atoms with van der Waals surface area (Å²) in [6.45, 7) is 4.19. The Morgan fingerprint density at radius 1 is 1.19 bits per heavy atom. The molecule has 0 amide bonds. The molecule has 88 valence electrons. The molecule has 16 heavy (non-hydrogen) atoms. The number of rotatable bonds is 1. The highest BCUT2D eigenvalue weighted by Crippen LogP contribution is 2.32. The van der Waals surface area contributed by atoms with Gasteiger partial charge in [0.2, 0.25) is 0 Å². The van der Waals surface area contributed by atoms with Gasteiger partial charge in [0, 0.05) is 21.9 Å². The van der Waals surface area contributed by atoms with Gasteiger partial charge in [-0.05, 0) is 46.3 Å². The number of nitrogens with zero attached hydrogens (tertiary/aromatic N) is 2. The molecule has 0 N–H and O–H groups in total. The van der Waals surface area contributed by atoms with E-state index < -0.39 is 13.0 Å². The molecule has 1 aromatic rings. The van der Waals surface area contributed by atoms with E-state index >= 15 is 0 Å². The van der Waals surface area contributed by atoms with Crippen LogP contribution in [0.3, 0.4) is 0 Å². The minimum Gasteiger partial charge on any atom is -0.352 e. The van der Waals surface area contributed by atoms with E-state index in [0.717, 1.165) is 11.3 Å². The topological polar surface area (TPSA) is 6.48 Å². The number of likely N-dealkylation sites (N-methyl/N-ethyl adjacent to an activating group) is 1. The molecule has 1 aromatic carbocycles. The molecule has 3 atom stereocenters. The summed E-state index contributed by atoms with van der Waals surface area (Å²) in [4.78, 5) is 4.01. The summed E-state index contributed by atoms with van der Waals surface area (Å²) in [5.74, 6) is 0. The van der Waals surface area contributed by atoms with Gasteiger partial charge in [0.05, 0.1) is 6.17 Å². The number of hydrogen-bond acceptors (Lipinski definition) is 2. The quantitative estimate of drug-likeness (QED) is 0.719. The second-order valence-electron chi connectivity index (χ2n) is 4.71. The van der Waals surface area contributed by atoms with E-state index in [-0.39, 0.29) is 12.1 Å². The molecule has 0 radical (unpaired) electrons. The number of hydrogen-bond donors (Lipinski definition) is 0.